The molecular formula is C10H17NO2. The number of carbonyl (C=O) groups is 1. The summed E-state index contributed by atoms with van der Waals surface area (Å²) >= 11 is 0. The van der Waals surface area contributed by atoms with Gasteiger partial charge in [0.1, 0.15) is 6.61 Å². The number of ether oxygens (including phenoxy) is 1. The van der Waals surface area contributed by atoms with Gasteiger partial charge in [0.25, 0.3) is 0 Å². The van der Waals surface area contributed by atoms with Crippen LogP contribution >= 0.6 is 0 Å². The Morgan fingerprint density at radius 3 is 3.15 bits per heavy atom. The zero-order valence-corrected chi connectivity index (χ0v) is 8.16. The summed E-state index contributed by atoms with van der Waals surface area (Å²) in [6.45, 7) is 3.76. The highest BCUT2D eigenvalue weighted by Gasteiger charge is 2.31. The van der Waals surface area contributed by atoms with E-state index in [-0.39, 0.29) is 5.97 Å². The zero-order chi connectivity index (χ0) is 9.26. The Morgan fingerprint density at radius 1 is 1.46 bits per heavy atom. The molecule has 2 aliphatic rings. The van der Waals surface area contributed by atoms with Crippen molar-refractivity contribution in [2.24, 2.45) is 0 Å². The zero-order valence-electron chi connectivity index (χ0n) is 8.16. The minimum Gasteiger partial charge on any atom is -0.464 e. The van der Waals surface area contributed by atoms with Gasteiger partial charge >= 0.3 is 5.97 Å². The van der Waals surface area contributed by atoms with Gasteiger partial charge in [-0.05, 0) is 19.8 Å². The smallest absolute Gasteiger partial charge is 0.307 e. The highest BCUT2D eigenvalue weighted by atomic mass is 16.5. The predicted molar refractivity (Wildman–Crippen MR) is 49.4 cm³/mol. The van der Waals surface area contributed by atoms with Crippen LogP contribution in [0.5, 0.6) is 0 Å². The van der Waals surface area contributed by atoms with E-state index >= 15 is 0 Å². The van der Waals surface area contributed by atoms with Crippen LogP contribution in [0.25, 0.3) is 0 Å². The minimum atomic E-state index is -0.0124. The van der Waals surface area contributed by atoms with E-state index < -0.39 is 0 Å². The molecule has 2 saturated heterocycles. The third-order valence-corrected chi connectivity index (χ3v) is 3.21. The van der Waals surface area contributed by atoms with Crippen molar-refractivity contribution in [3.63, 3.8) is 0 Å². The van der Waals surface area contributed by atoms with E-state index in [1.807, 2.05) is 0 Å². The molecule has 3 heteroatoms. The fourth-order valence-electron chi connectivity index (χ4n) is 2.48. The van der Waals surface area contributed by atoms with Gasteiger partial charge in [-0.1, -0.05) is 6.42 Å². The molecule has 0 aliphatic carbocycles. The number of hydrogen-bond acceptors (Lipinski definition) is 3. The van der Waals surface area contributed by atoms with Gasteiger partial charge in [0.05, 0.1) is 6.42 Å². The quantitative estimate of drug-likeness (QED) is 0.528. The standard InChI is InChI=1S/C10H17NO2/c1-8-3-2-4-9-7-10(12)13-6-5-11(8)9/h8-9H,2-7H2,1H3/t8-,9+/m0/s1. The van der Waals surface area contributed by atoms with Crippen molar-refractivity contribution < 1.29 is 9.53 Å². The fraction of sp³-hybridized carbons (Fsp3) is 0.900. The highest BCUT2D eigenvalue weighted by molar-refractivity contribution is 5.70. The Kier molecular flexibility index (Phi) is 2.54. The molecule has 74 valence electrons. The van der Waals surface area contributed by atoms with Crippen molar-refractivity contribution in [2.45, 2.75) is 44.7 Å². The first-order chi connectivity index (χ1) is 6.27. The molecule has 2 atom stereocenters. The van der Waals surface area contributed by atoms with E-state index in [9.17, 15) is 4.79 Å². The molecule has 0 aromatic rings. The summed E-state index contributed by atoms with van der Waals surface area (Å²) < 4.78 is 5.06. The third kappa shape index (κ3) is 1.85. The van der Waals surface area contributed by atoms with Crippen molar-refractivity contribution in [1.82, 2.24) is 4.90 Å². The van der Waals surface area contributed by atoms with E-state index in [2.05, 4.69) is 11.8 Å². The summed E-state index contributed by atoms with van der Waals surface area (Å²) in [5.41, 5.74) is 0. The van der Waals surface area contributed by atoms with E-state index in [4.69, 9.17) is 4.74 Å². The maximum absolute atomic E-state index is 11.2. The average molecular weight is 183 g/mol. The third-order valence-electron chi connectivity index (χ3n) is 3.21. The number of rotatable bonds is 0. The SMILES string of the molecule is C[C@H]1CCC[C@@H]2CC(=O)OCCN21. The minimum absolute atomic E-state index is 0.0124. The first kappa shape index (κ1) is 9.00. The second kappa shape index (κ2) is 3.66. The van der Waals surface area contributed by atoms with Crippen LogP contribution in [0.2, 0.25) is 0 Å². The van der Waals surface area contributed by atoms with Gasteiger partial charge in [0, 0.05) is 18.6 Å². The van der Waals surface area contributed by atoms with Crippen LogP contribution in [-0.2, 0) is 9.53 Å². The van der Waals surface area contributed by atoms with Gasteiger partial charge in [0.15, 0.2) is 0 Å². The Balaban J connectivity index is 2.06. The Morgan fingerprint density at radius 2 is 2.31 bits per heavy atom. The van der Waals surface area contributed by atoms with E-state index in [0.717, 1.165) is 6.54 Å². The predicted octanol–water partition coefficient (Wildman–Crippen LogP) is 1.18. The van der Waals surface area contributed by atoms with Gasteiger partial charge < -0.3 is 4.74 Å². The van der Waals surface area contributed by atoms with Crippen molar-refractivity contribution in [3.05, 3.63) is 0 Å². The molecule has 2 aliphatic heterocycles. The maximum Gasteiger partial charge on any atom is 0.307 e. The molecule has 2 heterocycles. The molecule has 13 heavy (non-hydrogen) atoms. The molecule has 0 saturated carbocycles. The lowest BCUT2D eigenvalue weighted by molar-refractivity contribution is -0.142. The van der Waals surface area contributed by atoms with Crippen LogP contribution in [-0.4, -0.2) is 36.1 Å². The summed E-state index contributed by atoms with van der Waals surface area (Å²) in [5.74, 6) is -0.0124. The molecule has 0 aromatic heterocycles. The summed E-state index contributed by atoms with van der Waals surface area (Å²) in [6.07, 6.45) is 4.30. The monoisotopic (exact) mass is 183 g/mol. The number of nitrogens with zero attached hydrogens (tertiary/aromatic N) is 1. The molecule has 0 N–H and O–H groups in total. The van der Waals surface area contributed by atoms with Crippen LogP contribution in [0.1, 0.15) is 32.6 Å². The number of fused-ring (bicyclic) bond motifs is 1. The molecule has 3 nitrogen and oxygen atoms in total. The molecule has 2 rings (SSSR count). The molecular weight excluding hydrogens is 166 g/mol. The lowest BCUT2D eigenvalue weighted by Crippen LogP contribution is -2.45. The van der Waals surface area contributed by atoms with Crippen LogP contribution in [0.3, 0.4) is 0 Å². The number of hydrogen-bond donors (Lipinski definition) is 0. The molecule has 0 radical (unpaired) electrons. The van der Waals surface area contributed by atoms with E-state index in [0.29, 0.717) is 25.1 Å². The summed E-state index contributed by atoms with van der Waals surface area (Å²) in [7, 11) is 0. The van der Waals surface area contributed by atoms with Gasteiger partial charge in [0.2, 0.25) is 0 Å². The molecule has 2 fully saturated rings. The molecule has 0 amide bonds. The van der Waals surface area contributed by atoms with Crippen molar-refractivity contribution in [1.29, 1.82) is 0 Å². The van der Waals surface area contributed by atoms with E-state index in [1.165, 1.54) is 19.3 Å². The van der Waals surface area contributed by atoms with Crippen molar-refractivity contribution >= 4 is 5.97 Å². The molecule has 0 unspecified atom stereocenters. The van der Waals surface area contributed by atoms with Crippen LogP contribution in [0, 0.1) is 0 Å². The van der Waals surface area contributed by atoms with Gasteiger partial charge in [-0.3, -0.25) is 9.69 Å². The molecule has 0 bridgehead atoms. The number of esters is 1. The molecule has 0 spiro atoms. The van der Waals surface area contributed by atoms with Crippen LogP contribution in [0.4, 0.5) is 0 Å². The number of piperidine rings is 1. The van der Waals surface area contributed by atoms with Gasteiger partial charge in [-0.2, -0.15) is 0 Å². The topological polar surface area (TPSA) is 29.5 Å². The second-order valence-corrected chi connectivity index (χ2v) is 4.10. The largest absolute Gasteiger partial charge is 0.464 e. The lowest BCUT2D eigenvalue weighted by Gasteiger charge is -2.38. The Hall–Kier alpha value is -0.570. The number of cyclic esters (lactones) is 1. The summed E-state index contributed by atoms with van der Waals surface area (Å²) in [6, 6.07) is 1.09. The molecule has 0 aromatic carbocycles. The van der Waals surface area contributed by atoms with Crippen molar-refractivity contribution in [2.75, 3.05) is 13.2 Å². The van der Waals surface area contributed by atoms with Crippen LogP contribution in [0.15, 0.2) is 0 Å². The lowest BCUT2D eigenvalue weighted by atomic mass is 9.95. The van der Waals surface area contributed by atoms with E-state index in [1.54, 1.807) is 0 Å². The van der Waals surface area contributed by atoms with Gasteiger partial charge in [-0.15, -0.1) is 0 Å². The highest BCUT2D eigenvalue weighted by Crippen LogP contribution is 2.26. The number of carbonyl (C=O) groups excluding carboxylic acids is 1. The maximum atomic E-state index is 11.2. The first-order valence-corrected chi connectivity index (χ1v) is 5.19. The normalized spacial score (nSPS) is 36.2. The summed E-state index contributed by atoms with van der Waals surface area (Å²) in [4.78, 5) is 13.6. The fourth-order valence-corrected chi connectivity index (χ4v) is 2.48. The average Bonchev–Trinajstić information content (AvgIpc) is 2.27. The Bertz CT molecular complexity index is 205. The van der Waals surface area contributed by atoms with Crippen LogP contribution < -0.4 is 0 Å². The summed E-state index contributed by atoms with van der Waals surface area (Å²) in [5, 5.41) is 0. The van der Waals surface area contributed by atoms with Gasteiger partial charge in [-0.25, -0.2) is 0 Å². The second-order valence-electron chi connectivity index (χ2n) is 4.10. The Labute approximate surface area is 79.0 Å². The first-order valence-electron chi connectivity index (χ1n) is 5.19. The van der Waals surface area contributed by atoms with Crippen molar-refractivity contribution in [3.8, 4) is 0 Å².